The fourth-order valence-corrected chi connectivity index (χ4v) is 2.10. The second-order valence-corrected chi connectivity index (χ2v) is 4.87. The van der Waals surface area contributed by atoms with E-state index < -0.39 is 5.91 Å². The second kappa shape index (κ2) is 6.87. The molecule has 0 aliphatic carbocycles. The van der Waals surface area contributed by atoms with Crippen molar-refractivity contribution in [2.75, 3.05) is 7.11 Å². The summed E-state index contributed by atoms with van der Waals surface area (Å²) in [6.45, 7) is 3.48. The van der Waals surface area contributed by atoms with Gasteiger partial charge in [-0.2, -0.15) is 0 Å². The Labute approximate surface area is 128 Å². The zero-order valence-corrected chi connectivity index (χ0v) is 12.3. The molecule has 1 fully saturated rings. The van der Waals surface area contributed by atoms with Crippen molar-refractivity contribution in [1.29, 1.82) is 0 Å². The van der Waals surface area contributed by atoms with E-state index in [4.69, 9.17) is 4.74 Å². The molecule has 0 unspecified atom stereocenters. The Morgan fingerprint density at radius 2 is 2.14 bits per heavy atom. The number of ether oxygens (including phenoxy) is 1. The van der Waals surface area contributed by atoms with Crippen molar-refractivity contribution in [3.63, 3.8) is 0 Å². The number of aliphatic hydroxyl groups excluding tert-OH is 1. The third-order valence-electron chi connectivity index (χ3n) is 3.17. The molecule has 2 rings (SSSR count). The molecule has 1 amide bonds. The van der Waals surface area contributed by atoms with Crippen LogP contribution in [0.15, 0.2) is 48.2 Å². The summed E-state index contributed by atoms with van der Waals surface area (Å²) in [5.74, 6) is -0.0608. The highest BCUT2D eigenvalue weighted by molar-refractivity contribution is 6.22. The number of carbonyl (C=O) groups is 2. The van der Waals surface area contributed by atoms with Crippen molar-refractivity contribution in [2.24, 2.45) is 0 Å². The van der Waals surface area contributed by atoms with Crippen molar-refractivity contribution in [3.05, 3.63) is 59.3 Å². The van der Waals surface area contributed by atoms with Crippen LogP contribution >= 0.6 is 0 Å². The standard InChI is InChI=1S/C17H17NO4/c1-11-6-16(20)15(17(21)18-11)5-3-4-12-7-13(10-19)9-14(8-12)22-2/h3-5,7-9,19H,1,6,10H2,2H3,(H,18,21)/b4-3+,15-5+. The van der Waals surface area contributed by atoms with Crippen molar-refractivity contribution in [1.82, 2.24) is 5.32 Å². The lowest BCUT2D eigenvalue weighted by Crippen LogP contribution is -2.34. The normalized spacial score (nSPS) is 17.2. The van der Waals surface area contributed by atoms with Gasteiger partial charge in [0.15, 0.2) is 5.78 Å². The fourth-order valence-electron chi connectivity index (χ4n) is 2.10. The van der Waals surface area contributed by atoms with E-state index in [2.05, 4.69) is 11.9 Å². The number of methoxy groups -OCH3 is 1. The van der Waals surface area contributed by atoms with E-state index in [9.17, 15) is 14.7 Å². The van der Waals surface area contributed by atoms with Gasteiger partial charge < -0.3 is 15.2 Å². The quantitative estimate of drug-likeness (QED) is 0.656. The maximum absolute atomic E-state index is 11.8. The van der Waals surface area contributed by atoms with Crippen LogP contribution in [0.1, 0.15) is 17.5 Å². The van der Waals surface area contributed by atoms with E-state index in [0.717, 1.165) is 11.1 Å². The van der Waals surface area contributed by atoms with Crippen LogP contribution in [0.5, 0.6) is 5.75 Å². The minimum Gasteiger partial charge on any atom is -0.497 e. The highest BCUT2D eigenvalue weighted by Crippen LogP contribution is 2.19. The van der Waals surface area contributed by atoms with Crippen LogP contribution in [0.3, 0.4) is 0 Å². The molecule has 0 radical (unpaired) electrons. The first kappa shape index (κ1) is 15.7. The number of hydrogen-bond acceptors (Lipinski definition) is 4. The number of hydrogen-bond donors (Lipinski definition) is 2. The Hall–Kier alpha value is -2.66. The number of piperidine rings is 1. The highest BCUT2D eigenvalue weighted by Gasteiger charge is 2.24. The molecule has 1 heterocycles. The van der Waals surface area contributed by atoms with Gasteiger partial charge in [0, 0.05) is 5.70 Å². The summed E-state index contributed by atoms with van der Waals surface area (Å²) < 4.78 is 5.15. The predicted octanol–water partition coefficient (Wildman–Crippen LogP) is 1.73. The van der Waals surface area contributed by atoms with Gasteiger partial charge in [0.1, 0.15) is 5.75 Å². The van der Waals surface area contributed by atoms with Gasteiger partial charge in [-0.1, -0.05) is 18.7 Å². The number of carbonyl (C=O) groups excluding carboxylic acids is 2. The number of nitrogens with one attached hydrogen (secondary N) is 1. The molecule has 0 saturated carbocycles. The lowest BCUT2D eigenvalue weighted by Gasteiger charge is -2.15. The molecule has 1 aliphatic rings. The van der Waals surface area contributed by atoms with E-state index in [-0.39, 0.29) is 24.4 Å². The largest absolute Gasteiger partial charge is 0.497 e. The molecule has 0 atom stereocenters. The highest BCUT2D eigenvalue weighted by atomic mass is 16.5. The molecule has 5 heteroatoms. The van der Waals surface area contributed by atoms with E-state index in [1.165, 1.54) is 6.08 Å². The number of allylic oxidation sites excluding steroid dienone is 3. The molecule has 0 aromatic heterocycles. The van der Waals surface area contributed by atoms with Gasteiger partial charge in [0.05, 0.1) is 25.7 Å². The Morgan fingerprint density at radius 1 is 1.36 bits per heavy atom. The number of aliphatic hydroxyl groups is 1. The van der Waals surface area contributed by atoms with Gasteiger partial charge in [-0.05, 0) is 35.4 Å². The average molecular weight is 299 g/mol. The van der Waals surface area contributed by atoms with Gasteiger partial charge in [-0.25, -0.2) is 0 Å². The number of amides is 1. The molecule has 114 valence electrons. The monoisotopic (exact) mass is 299 g/mol. The van der Waals surface area contributed by atoms with Crippen LogP contribution in [0.25, 0.3) is 6.08 Å². The summed E-state index contributed by atoms with van der Waals surface area (Å²) in [4.78, 5) is 23.5. The molecule has 1 aromatic carbocycles. The summed E-state index contributed by atoms with van der Waals surface area (Å²) >= 11 is 0. The van der Waals surface area contributed by atoms with Gasteiger partial charge in [0.2, 0.25) is 0 Å². The van der Waals surface area contributed by atoms with Gasteiger partial charge in [0.25, 0.3) is 5.91 Å². The van der Waals surface area contributed by atoms with Crippen molar-refractivity contribution < 1.29 is 19.4 Å². The third kappa shape index (κ3) is 3.71. The molecule has 0 spiro atoms. The molecule has 2 N–H and O–H groups in total. The van der Waals surface area contributed by atoms with E-state index in [1.54, 1.807) is 37.5 Å². The Balaban J connectivity index is 2.21. The van der Waals surface area contributed by atoms with E-state index in [1.807, 2.05) is 0 Å². The zero-order chi connectivity index (χ0) is 16.1. The number of rotatable bonds is 4. The first-order chi connectivity index (χ1) is 10.5. The summed E-state index contributed by atoms with van der Waals surface area (Å²) in [6.07, 6.45) is 4.96. The fraction of sp³-hybridized carbons (Fsp3) is 0.176. The minimum absolute atomic E-state index is 0.0951. The molecule has 1 aromatic rings. The van der Waals surface area contributed by atoms with Crippen LogP contribution in [0, 0.1) is 0 Å². The Kier molecular flexibility index (Phi) is 4.91. The molecule has 0 bridgehead atoms. The minimum atomic E-state index is -0.437. The Morgan fingerprint density at radius 3 is 2.77 bits per heavy atom. The summed E-state index contributed by atoms with van der Waals surface area (Å²) in [5.41, 5.74) is 2.04. The maximum atomic E-state index is 11.8. The molecule has 5 nitrogen and oxygen atoms in total. The molecular weight excluding hydrogens is 282 g/mol. The molecule has 1 saturated heterocycles. The predicted molar refractivity (Wildman–Crippen MR) is 82.9 cm³/mol. The second-order valence-electron chi connectivity index (χ2n) is 4.87. The topological polar surface area (TPSA) is 75.6 Å². The number of Topliss-reactive ketones (excluding diaryl/α,β-unsaturated/α-hetero) is 1. The van der Waals surface area contributed by atoms with Gasteiger partial charge >= 0.3 is 0 Å². The van der Waals surface area contributed by atoms with Crippen LogP contribution in [0.4, 0.5) is 0 Å². The Bertz CT molecular complexity index is 642. The van der Waals surface area contributed by atoms with Gasteiger partial charge in [-0.15, -0.1) is 0 Å². The lowest BCUT2D eigenvalue weighted by atomic mass is 10.0. The van der Waals surface area contributed by atoms with E-state index >= 15 is 0 Å². The van der Waals surface area contributed by atoms with Crippen molar-refractivity contribution >= 4 is 17.8 Å². The molecule has 1 aliphatic heterocycles. The smallest absolute Gasteiger partial charge is 0.259 e. The van der Waals surface area contributed by atoms with Crippen molar-refractivity contribution in [2.45, 2.75) is 13.0 Å². The third-order valence-corrected chi connectivity index (χ3v) is 3.17. The average Bonchev–Trinajstić information content (AvgIpc) is 2.49. The van der Waals surface area contributed by atoms with Gasteiger partial charge in [-0.3, -0.25) is 9.59 Å². The first-order valence-corrected chi connectivity index (χ1v) is 6.73. The maximum Gasteiger partial charge on any atom is 0.259 e. The zero-order valence-electron chi connectivity index (χ0n) is 12.3. The van der Waals surface area contributed by atoms with E-state index in [0.29, 0.717) is 11.4 Å². The SMILES string of the molecule is C=C1CC(=O)/C(=C\C=C\c2cc(CO)cc(OC)c2)C(=O)N1. The molecule has 22 heavy (non-hydrogen) atoms. The number of ketones is 1. The first-order valence-electron chi connectivity index (χ1n) is 6.73. The summed E-state index contributed by atoms with van der Waals surface area (Å²) in [7, 11) is 1.55. The number of benzene rings is 1. The summed E-state index contributed by atoms with van der Waals surface area (Å²) in [5, 5.41) is 11.7. The van der Waals surface area contributed by atoms with Crippen molar-refractivity contribution in [3.8, 4) is 5.75 Å². The van der Waals surface area contributed by atoms with Crippen LogP contribution in [-0.4, -0.2) is 23.9 Å². The van der Waals surface area contributed by atoms with Crippen LogP contribution in [-0.2, 0) is 16.2 Å². The lowest BCUT2D eigenvalue weighted by molar-refractivity contribution is -0.123. The van der Waals surface area contributed by atoms with Crippen LogP contribution < -0.4 is 10.1 Å². The summed E-state index contributed by atoms with van der Waals surface area (Å²) in [6, 6.07) is 5.32. The molecular formula is C17H17NO4. The van der Waals surface area contributed by atoms with Crippen LogP contribution in [0.2, 0.25) is 0 Å².